The van der Waals surface area contributed by atoms with Gasteiger partial charge in [-0.25, -0.2) is 4.79 Å². The molecule has 0 fully saturated rings. The Bertz CT molecular complexity index is 760. The van der Waals surface area contributed by atoms with Gasteiger partial charge in [-0.15, -0.1) is 0 Å². The number of fused-ring (bicyclic) bond motifs is 1. The van der Waals surface area contributed by atoms with Gasteiger partial charge in [0.2, 0.25) is 5.91 Å². The lowest BCUT2D eigenvalue weighted by Crippen LogP contribution is -2.48. The van der Waals surface area contributed by atoms with Crippen LogP contribution < -0.4 is 0 Å². The Morgan fingerprint density at radius 2 is 1.73 bits per heavy atom. The maximum Gasteiger partial charge on any atom is 0.326 e. The number of rotatable bonds is 7. The Kier molecular flexibility index (Phi) is 6.02. The second-order valence-corrected chi connectivity index (χ2v) is 6.49. The Morgan fingerprint density at radius 1 is 1.04 bits per heavy atom. The Morgan fingerprint density at radius 3 is 2.46 bits per heavy atom. The number of carboxylic acids is 1. The summed E-state index contributed by atoms with van der Waals surface area (Å²) < 4.78 is 5.60. The first kappa shape index (κ1) is 18.1. The van der Waals surface area contributed by atoms with Crippen molar-refractivity contribution in [2.24, 2.45) is 0 Å². The fraction of sp³-hybridized carbons (Fsp3) is 0.333. The molecule has 0 bridgehead atoms. The van der Waals surface area contributed by atoms with Gasteiger partial charge in [-0.2, -0.15) is 0 Å². The van der Waals surface area contributed by atoms with E-state index in [1.807, 2.05) is 54.6 Å². The Balaban J connectivity index is 1.50. The van der Waals surface area contributed by atoms with Crippen LogP contribution in [0.15, 0.2) is 54.6 Å². The summed E-state index contributed by atoms with van der Waals surface area (Å²) in [6, 6.07) is 16.8. The van der Waals surface area contributed by atoms with Gasteiger partial charge in [0.05, 0.1) is 6.61 Å². The summed E-state index contributed by atoms with van der Waals surface area (Å²) >= 11 is 0. The molecule has 0 radical (unpaired) electrons. The van der Waals surface area contributed by atoms with E-state index in [1.54, 1.807) is 0 Å². The molecule has 0 aliphatic carbocycles. The van der Waals surface area contributed by atoms with Crippen LogP contribution >= 0.6 is 0 Å². The average Bonchev–Trinajstić information content (AvgIpc) is 2.67. The number of hydrogen-bond acceptors (Lipinski definition) is 3. The van der Waals surface area contributed by atoms with Gasteiger partial charge >= 0.3 is 5.97 Å². The van der Waals surface area contributed by atoms with Crippen molar-refractivity contribution in [2.45, 2.75) is 38.5 Å². The van der Waals surface area contributed by atoms with Crippen molar-refractivity contribution >= 4 is 11.9 Å². The predicted octanol–water partition coefficient (Wildman–Crippen LogP) is 3.02. The third-order valence-electron chi connectivity index (χ3n) is 4.64. The molecule has 0 spiro atoms. The summed E-state index contributed by atoms with van der Waals surface area (Å²) in [7, 11) is 0. The largest absolute Gasteiger partial charge is 0.480 e. The minimum Gasteiger partial charge on any atom is -0.480 e. The van der Waals surface area contributed by atoms with E-state index in [-0.39, 0.29) is 5.91 Å². The van der Waals surface area contributed by atoms with E-state index in [2.05, 4.69) is 0 Å². The molecule has 1 heterocycles. The van der Waals surface area contributed by atoms with Crippen LogP contribution in [0.1, 0.15) is 29.5 Å². The van der Waals surface area contributed by atoms with Crippen LogP contribution in [0.5, 0.6) is 0 Å². The number of carbonyl (C=O) groups is 2. The molecular weight excluding hydrogens is 330 g/mol. The van der Waals surface area contributed by atoms with Gasteiger partial charge in [0.25, 0.3) is 0 Å². The number of carboxylic acid groups (broad SMARTS) is 1. The molecule has 1 aliphatic rings. The van der Waals surface area contributed by atoms with Crippen molar-refractivity contribution in [1.82, 2.24) is 4.90 Å². The molecule has 1 N–H and O–H groups in total. The third kappa shape index (κ3) is 4.49. The highest BCUT2D eigenvalue weighted by Gasteiger charge is 2.33. The molecule has 1 aliphatic heterocycles. The molecule has 2 aromatic carbocycles. The quantitative estimate of drug-likeness (QED) is 0.777. The van der Waals surface area contributed by atoms with E-state index in [1.165, 1.54) is 4.90 Å². The first-order valence-corrected chi connectivity index (χ1v) is 8.86. The van der Waals surface area contributed by atoms with Crippen LogP contribution in [0.3, 0.4) is 0 Å². The summed E-state index contributed by atoms with van der Waals surface area (Å²) in [5, 5.41) is 9.50. The molecule has 0 saturated heterocycles. The second-order valence-electron chi connectivity index (χ2n) is 6.49. The number of amides is 1. The lowest BCUT2D eigenvalue weighted by Gasteiger charge is -2.34. The van der Waals surface area contributed by atoms with E-state index in [0.29, 0.717) is 39.0 Å². The molecule has 26 heavy (non-hydrogen) atoms. The van der Waals surface area contributed by atoms with Gasteiger partial charge in [0, 0.05) is 26.0 Å². The molecule has 136 valence electrons. The van der Waals surface area contributed by atoms with Crippen LogP contribution in [0.2, 0.25) is 0 Å². The molecular formula is C21H23NO4. The number of carbonyl (C=O) groups excluding carboxylic acids is 1. The van der Waals surface area contributed by atoms with Crippen molar-refractivity contribution in [3.63, 3.8) is 0 Å². The normalized spacial score (nSPS) is 16.2. The van der Waals surface area contributed by atoms with E-state index >= 15 is 0 Å². The van der Waals surface area contributed by atoms with Gasteiger partial charge in [-0.05, 0) is 23.1 Å². The summed E-state index contributed by atoms with van der Waals surface area (Å²) in [4.78, 5) is 25.6. The predicted molar refractivity (Wildman–Crippen MR) is 97.5 cm³/mol. The number of ether oxygens (including phenoxy) is 1. The summed E-state index contributed by atoms with van der Waals surface area (Å²) in [5.74, 6) is -1.08. The van der Waals surface area contributed by atoms with Gasteiger partial charge < -0.3 is 14.7 Å². The first-order valence-electron chi connectivity index (χ1n) is 8.86. The standard InChI is InChI=1S/C21H23NO4/c23-20(11-6-12-26-15-16-7-2-1-3-8-16)22-14-18-10-5-4-9-17(18)13-19(22)21(24)25/h1-5,7-10,19H,6,11-15H2,(H,24,25). The third-order valence-corrected chi connectivity index (χ3v) is 4.64. The summed E-state index contributed by atoms with van der Waals surface area (Å²) in [6.45, 7) is 1.35. The smallest absolute Gasteiger partial charge is 0.326 e. The number of nitrogens with zero attached hydrogens (tertiary/aromatic N) is 1. The van der Waals surface area contributed by atoms with Crippen LogP contribution in [0.4, 0.5) is 0 Å². The minimum atomic E-state index is -0.951. The lowest BCUT2D eigenvalue weighted by molar-refractivity contribution is -0.151. The fourth-order valence-electron chi connectivity index (χ4n) is 3.24. The van der Waals surface area contributed by atoms with Gasteiger partial charge in [-0.3, -0.25) is 4.79 Å². The summed E-state index contributed by atoms with van der Waals surface area (Å²) in [6.07, 6.45) is 1.23. The summed E-state index contributed by atoms with van der Waals surface area (Å²) in [5.41, 5.74) is 3.13. The van der Waals surface area contributed by atoms with E-state index in [0.717, 1.165) is 16.7 Å². The number of hydrogen-bond donors (Lipinski definition) is 1. The monoisotopic (exact) mass is 353 g/mol. The lowest BCUT2D eigenvalue weighted by atomic mass is 9.93. The topological polar surface area (TPSA) is 66.8 Å². The van der Waals surface area contributed by atoms with Crippen molar-refractivity contribution in [3.8, 4) is 0 Å². The van der Waals surface area contributed by atoms with E-state index in [4.69, 9.17) is 4.74 Å². The molecule has 0 saturated carbocycles. The SMILES string of the molecule is O=C(O)C1Cc2ccccc2CN1C(=O)CCCOCc1ccccc1. The van der Waals surface area contributed by atoms with Crippen molar-refractivity contribution in [3.05, 3.63) is 71.3 Å². The van der Waals surface area contributed by atoms with Crippen LogP contribution in [0.25, 0.3) is 0 Å². The number of aliphatic carboxylic acids is 1. The molecule has 5 nitrogen and oxygen atoms in total. The van der Waals surface area contributed by atoms with Crippen molar-refractivity contribution in [1.29, 1.82) is 0 Å². The molecule has 1 atom stereocenters. The molecule has 2 aromatic rings. The van der Waals surface area contributed by atoms with Crippen LogP contribution in [0, 0.1) is 0 Å². The van der Waals surface area contributed by atoms with Crippen LogP contribution in [-0.2, 0) is 33.9 Å². The zero-order valence-electron chi connectivity index (χ0n) is 14.6. The van der Waals surface area contributed by atoms with Gasteiger partial charge in [0.15, 0.2) is 0 Å². The first-order chi connectivity index (χ1) is 12.6. The Hall–Kier alpha value is -2.66. The molecule has 3 rings (SSSR count). The van der Waals surface area contributed by atoms with Crippen molar-refractivity contribution in [2.75, 3.05) is 6.61 Å². The minimum absolute atomic E-state index is 0.129. The molecule has 1 unspecified atom stereocenters. The molecule has 5 heteroatoms. The maximum atomic E-state index is 12.6. The second kappa shape index (κ2) is 8.63. The highest BCUT2D eigenvalue weighted by atomic mass is 16.5. The van der Waals surface area contributed by atoms with Gasteiger partial charge in [0.1, 0.15) is 6.04 Å². The van der Waals surface area contributed by atoms with E-state index in [9.17, 15) is 14.7 Å². The van der Waals surface area contributed by atoms with Crippen molar-refractivity contribution < 1.29 is 19.4 Å². The molecule has 0 aromatic heterocycles. The van der Waals surface area contributed by atoms with Crippen LogP contribution in [-0.4, -0.2) is 34.5 Å². The average molecular weight is 353 g/mol. The van der Waals surface area contributed by atoms with Gasteiger partial charge in [-0.1, -0.05) is 54.6 Å². The van der Waals surface area contributed by atoms with E-state index < -0.39 is 12.0 Å². The molecule has 1 amide bonds. The highest BCUT2D eigenvalue weighted by Crippen LogP contribution is 2.24. The zero-order chi connectivity index (χ0) is 18.4. The Labute approximate surface area is 153 Å². The number of benzene rings is 2. The fourth-order valence-corrected chi connectivity index (χ4v) is 3.24. The maximum absolute atomic E-state index is 12.6. The zero-order valence-corrected chi connectivity index (χ0v) is 14.6. The highest BCUT2D eigenvalue weighted by molar-refractivity contribution is 5.84.